The summed E-state index contributed by atoms with van der Waals surface area (Å²) in [6, 6.07) is 13.2. The van der Waals surface area contributed by atoms with Crippen LogP contribution in [0.5, 0.6) is 0 Å². The molecule has 0 atom stereocenters. The maximum atomic E-state index is 12.9. The molecular formula is C24H20N2O5S. The van der Waals surface area contributed by atoms with E-state index in [0.717, 1.165) is 16.0 Å². The van der Waals surface area contributed by atoms with E-state index in [9.17, 15) is 19.2 Å². The van der Waals surface area contributed by atoms with Gasteiger partial charge < -0.3 is 9.64 Å². The molecule has 4 rings (SSSR count). The molecule has 0 fully saturated rings. The van der Waals surface area contributed by atoms with Gasteiger partial charge in [0.1, 0.15) is 0 Å². The number of thiophene rings is 1. The molecule has 0 saturated carbocycles. The molecule has 3 aromatic rings. The molecule has 0 N–H and O–H groups in total. The number of rotatable bonds is 6. The molecule has 0 spiro atoms. The van der Waals surface area contributed by atoms with Crippen LogP contribution in [0, 0.1) is 6.92 Å². The summed E-state index contributed by atoms with van der Waals surface area (Å²) >= 11 is 1.54. The lowest BCUT2D eigenvalue weighted by molar-refractivity contribution is -0.133. The molecule has 0 unspecified atom stereocenters. The van der Waals surface area contributed by atoms with E-state index in [1.165, 1.54) is 34.4 Å². The molecule has 32 heavy (non-hydrogen) atoms. The van der Waals surface area contributed by atoms with Gasteiger partial charge in [-0.05, 0) is 59.1 Å². The molecule has 2 heterocycles. The van der Waals surface area contributed by atoms with Gasteiger partial charge in [0.15, 0.2) is 6.61 Å². The van der Waals surface area contributed by atoms with Crippen LogP contribution in [0.15, 0.2) is 59.3 Å². The number of likely N-dealkylation sites (N-methyl/N-ethyl adjacent to an activating group) is 1. The molecule has 162 valence electrons. The number of carbonyl (C=O) groups excluding carboxylic acids is 4. The van der Waals surface area contributed by atoms with Crippen LogP contribution in [0.25, 0.3) is 0 Å². The number of imide groups is 1. The first-order chi connectivity index (χ1) is 15.4. The number of nitrogens with zero attached hydrogens (tertiary/aromatic N) is 2. The van der Waals surface area contributed by atoms with Gasteiger partial charge >= 0.3 is 5.97 Å². The number of fused-ring (bicyclic) bond motifs is 1. The fourth-order valence-electron chi connectivity index (χ4n) is 3.47. The van der Waals surface area contributed by atoms with Crippen LogP contribution in [0.3, 0.4) is 0 Å². The summed E-state index contributed by atoms with van der Waals surface area (Å²) < 4.78 is 5.15. The van der Waals surface area contributed by atoms with Crippen molar-refractivity contribution in [3.8, 4) is 0 Å². The maximum Gasteiger partial charge on any atom is 0.338 e. The number of ether oxygens (including phenoxy) is 1. The first kappa shape index (κ1) is 21.5. The predicted octanol–water partition coefficient (Wildman–Crippen LogP) is 3.67. The standard InChI is InChI=1S/C24H20N2O5S/c1-15-5-3-4-6-20(15)26-22(28)18-8-7-17(11-19(18)23(26)29)24(30)31-13-21(27)25(2)12-16-9-10-32-14-16/h3-11,14H,12-13H2,1-2H3. The Kier molecular flexibility index (Phi) is 5.87. The normalized spacial score (nSPS) is 12.6. The van der Waals surface area contributed by atoms with Crippen molar-refractivity contribution in [1.82, 2.24) is 4.90 Å². The van der Waals surface area contributed by atoms with E-state index in [1.807, 2.05) is 35.9 Å². The lowest BCUT2D eigenvalue weighted by Crippen LogP contribution is -2.30. The van der Waals surface area contributed by atoms with Crippen LogP contribution >= 0.6 is 11.3 Å². The van der Waals surface area contributed by atoms with Crippen molar-refractivity contribution in [2.45, 2.75) is 13.5 Å². The number of amides is 3. The second kappa shape index (κ2) is 8.76. The van der Waals surface area contributed by atoms with Crippen molar-refractivity contribution >= 4 is 40.7 Å². The topological polar surface area (TPSA) is 84.0 Å². The number of anilines is 1. The van der Waals surface area contributed by atoms with Gasteiger partial charge in [0, 0.05) is 13.6 Å². The van der Waals surface area contributed by atoms with Gasteiger partial charge in [0.2, 0.25) is 0 Å². The number of para-hydroxylation sites is 1. The van der Waals surface area contributed by atoms with Gasteiger partial charge in [0.05, 0.1) is 22.4 Å². The molecule has 0 bridgehead atoms. The van der Waals surface area contributed by atoms with Crippen molar-refractivity contribution in [1.29, 1.82) is 0 Å². The fraction of sp³-hybridized carbons (Fsp3) is 0.167. The van der Waals surface area contributed by atoms with E-state index in [2.05, 4.69) is 0 Å². The molecule has 7 nitrogen and oxygen atoms in total. The van der Waals surface area contributed by atoms with Crippen molar-refractivity contribution < 1.29 is 23.9 Å². The summed E-state index contributed by atoms with van der Waals surface area (Å²) in [5.41, 5.74) is 2.74. The minimum absolute atomic E-state index is 0.102. The molecule has 1 aromatic heterocycles. The van der Waals surface area contributed by atoms with E-state index in [0.29, 0.717) is 12.2 Å². The van der Waals surface area contributed by atoms with Crippen molar-refractivity contribution in [3.63, 3.8) is 0 Å². The molecular weight excluding hydrogens is 428 g/mol. The highest BCUT2D eigenvalue weighted by Crippen LogP contribution is 2.31. The van der Waals surface area contributed by atoms with Crippen LogP contribution in [0.1, 0.15) is 42.2 Å². The van der Waals surface area contributed by atoms with Crippen LogP contribution < -0.4 is 4.90 Å². The molecule has 0 aliphatic carbocycles. The Morgan fingerprint density at radius 1 is 1.03 bits per heavy atom. The smallest absolute Gasteiger partial charge is 0.338 e. The van der Waals surface area contributed by atoms with Crippen LogP contribution in [0.2, 0.25) is 0 Å². The maximum absolute atomic E-state index is 12.9. The van der Waals surface area contributed by atoms with Gasteiger partial charge in [-0.3, -0.25) is 14.4 Å². The second-order valence-corrected chi connectivity index (χ2v) is 8.23. The lowest BCUT2D eigenvalue weighted by Gasteiger charge is -2.16. The van der Waals surface area contributed by atoms with E-state index in [4.69, 9.17) is 4.74 Å². The number of hydrogen-bond acceptors (Lipinski definition) is 6. The zero-order valence-corrected chi connectivity index (χ0v) is 18.3. The molecule has 0 saturated heterocycles. The van der Waals surface area contributed by atoms with Crippen molar-refractivity contribution in [3.05, 3.63) is 87.1 Å². The summed E-state index contributed by atoms with van der Waals surface area (Å²) in [7, 11) is 1.63. The zero-order chi connectivity index (χ0) is 22.8. The minimum Gasteiger partial charge on any atom is -0.452 e. The Morgan fingerprint density at radius 2 is 1.78 bits per heavy atom. The van der Waals surface area contributed by atoms with E-state index < -0.39 is 24.4 Å². The summed E-state index contributed by atoms with van der Waals surface area (Å²) in [5.74, 6) is -2.02. The van der Waals surface area contributed by atoms with Gasteiger partial charge in [-0.25, -0.2) is 9.69 Å². The molecule has 2 aromatic carbocycles. The number of benzene rings is 2. The average molecular weight is 449 g/mol. The van der Waals surface area contributed by atoms with Gasteiger partial charge in [-0.2, -0.15) is 11.3 Å². The highest BCUT2D eigenvalue weighted by Gasteiger charge is 2.37. The zero-order valence-electron chi connectivity index (χ0n) is 17.5. The summed E-state index contributed by atoms with van der Waals surface area (Å²) in [5, 5.41) is 3.87. The van der Waals surface area contributed by atoms with Gasteiger partial charge in [-0.15, -0.1) is 0 Å². The fourth-order valence-corrected chi connectivity index (χ4v) is 4.13. The quantitative estimate of drug-likeness (QED) is 0.424. The van der Waals surface area contributed by atoms with Crippen LogP contribution in [-0.2, 0) is 16.1 Å². The summed E-state index contributed by atoms with van der Waals surface area (Å²) in [6.45, 7) is 1.82. The third-order valence-corrected chi connectivity index (χ3v) is 5.96. The average Bonchev–Trinajstić information content (AvgIpc) is 3.38. The number of carbonyl (C=O) groups is 4. The van der Waals surface area contributed by atoms with Crippen LogP contribution in [-0.4, -0.2) is 42.2 Å². The Morgan fingerprint density at radius 3 is 2.50 bits per heavy atom. The van der Waals surface area contributed by atoms with Crippen LogP contribution in [0.4, 0.5) is 5.69 Å². The van der Waals surface area contributed by atoms with Crippen molar-refractivity contribution in [2.24, 2.45) is 0 Å². The first-order valence-electron chi connectivity index (χ1n) is 9.87. The SMILES string of the molecule is Cc1ccccc1N1C(=O)c2ccc(C(=O)OCC(=O)N(C)Cc3ccsc3)cc2C1=O. The largest absolute Gasteiger partial charge is 0.452 e. The summed E-state index contributed by atoms with van der Waals surface area (Å²) in [4.78, 5) is 53.1. The van der Waals surface area contributed by atoms with E-state index in [-0.39, 0.29) is 22.6 Å². The first-order valence-corrected chi connectivity index (χ1v) is 10.8. The molecule has 0 radical (unpaired) electrons. The Balaban J connectivity index is 1.45. The third-order valence-electron chi connectivity index (χ3n) is 5.23. The number of esters is 1. The Hall–Kier alpha value is -3.78. The molecule has 1 aliphatic rings. The summed E-state index contributed by atoms with van der Waals surface area (Å²) in [6.07, 6.45) is 0. The van der Waals surface area contributed by atoms with E-state index in [1.54, 1.807) is 19.2 Å². The molecule has 3 amide bonds. The number of hydrogen-bond donors (Lipinski definition) is 0. The minimum atomic E-state index is -0.736. The van der Waals surface area contributed by atoms with Gasteiger partial charge in [0.25, 0.3) is 17.7 Å². The monoisotopic (exact) mass is 448 g/mol. The van der Waals surface area contributed by atoms with Gasteiger partial charge in [-0.1, -0.05) is 18.2 Å². The highest BCUT2D eigenvalue weighted by atomic mass is 32.1. The predicted molar refractivity (Wildman–Crippen MR) is 120 cm³/mol. The van der Waals surface area contributed by atoms with E-state index >= 15 is 0 Å². The third kappa shape index (κ3) is 4.04. The second-order valence-electron chi connectivity index (χ2n) is 7.45. The number of aryl methyl sites for hydroxylation is 1. The molecule has 1 aliphatic heterocycles. The Labute approximate surface area is 188 Å². The highest BCUT2D eigenvalue weighted by molar-refractivity contribution is 7.07. The molecule has 8 heteroatoms. The lowest BCUT2D eigenvalue weighted by atomic mass is 10.1. The van der Waals surface area contributed by atoms with Crippen molar-refractivity contribution in [2.75, 3.05) is 18.6 Å². The Bertz CT molecular complexity index is 1220.